The molecule has 0 amide bonds. The zero-order valence-corrected chi connectivity index (χ0v) is 87.9. The van der Waals surface area contributed by atoms with Crippen molar-refractivity contribution in [1.82, 2.24) is 58.6 Å². The van der Waals surface area contributed by atoms with Crippen molar-refractivity contribution in [2.45, 2.75) is 61.2 Å². The fourth-order valence-corrected chi connectivity index (χ4v) is 16.2. The Kier molecular flexibility index (Phi) is 40.7. The zero-order valence-electron chi connectivity index (χ0n) is 80.8. The molecule has 12 aromatic carbocycles. The minimum atomic E-state index is 0. The van der Waals surface area contributed by atoms with Crippen molar-refractivity contribution in [1.29, 1.82) is 0 Å². The molecule has 15 heteroatoms. The van der Waals surface area contributed by atoms with E-state index in [0.717, 1.165) is 121 Å². The third kappa shape index (κ3) is 29.1. The van der Waals surface area contributed by atoms with E-state index >= 15 is 0 Å². The molecule has 0 aliphatic rings. The fraction of sp³-hybridized carbons (Fsp3) is 0.0930. The van der Waals surface area contributed by atoms with Crippen molar-refractivity contribution < 1.29 is 60.3 Å². The standard InChI is InChI=1S/3C21H19N2.6C11H8N.3Ir/c1-15(2)14-23-20-12-4-3-8-16(20)17-9-7-10-18(21(17)23)19-11-5-6-13-22-19;1-15(2)14-23-20-9-4-3-7-17(20)18-13-16(10-11-21(18)23)19-8-5-6-12-22-19;1-15(2)14-23-20-9-4-3-7-17(20)18-11-10-16(13-21(18)23)19-8-5-6-12-22-19;6*1-2-6-10(7-3-1)11-8-4-5-9-12-11;;;/h3*3-9,11-13,15H,14H2,1-2H3;6*1-6,8-9H;;;/q9*-1;3*+3. The summed E-state index contributed by atoms with van der Waals surface area (Å²) in [5.74, 6) is 1.77. The van der Waals surface area contributed by atoms with Crippen LogP contribution in [0.2, 0.25) is 0 Å². The molecule has 12 nitrogen and oxygen atoms in total. The van der Waals surface area contributed by atoms with Crippen LogP contribution in [0.25, 0.3) is 167 Å². The van der Waals surface area contributed by atoms with E-state index in [0.29, 0.717) is 17.8 Å². The maximum Gasteiger partial charge on any atom is 3.00 e. The quantitative estimate of drug-likeness (QED) is 0.0921. The van der Waals surface area contributed by atoms with E-state index in [1.54, 1.807) is 37.2 Å². The molecule has 0 fully saturated rings. The molecule has 24 rings (SSSR count). The van der Waals surface area contributed by atoms with E-state index in [-0.39, 0.29) is 60.3 Å². The Hall–Kier alpha value is -15.7. The monoisotopic (exact) mass is 2400 g/mol. The van der Waals surface area contributed by atoms with Gasteiger partial charge in [0.2, 0.25) is 0 Å². The molecule has 0 N–H and O–H groups in total. The minimum absolute atomic E-state index is 0. The molecular weight excluding hydrogens is 2290 g/mol. The molecule has 0 radical (unpaired) electrons. The van der Waals surface area contributed by atoms with Crippen LogP contribution in [0.5, 0.6) is 0 Å². The van der Waals surface area contributed by atoms with Gasteiger partial charge in [-0.2, -0.15) is 0 Å². The number of nitrogens with zero attached hydrogens (tertiary/aromatic N) is 12. The summed E-state index contributed by atoms with van der Waals surface area (Å²) >= 11 is 0. The minimum Gasteiger partial charge on any atom is -0.380 e. The molecule has 12 heterocycles. The molecule has 0 atom stereocenters. The predicted molar refractivity (Wildman–Crippen MR) is 580 cm³/mol. The second-order valence-corrected chi connectivity index (χ2v) is 34.1. The van der Waals surface area contributed by atoms with Gasteiger partial charge in [0.25, 0.3) is 0 Å². The first-order valence-electron chi connectivity index (χ1n) is 47.3. The Morgan fingerprint density at radius 1 is 0.188 bits per heavy atom. The first-order chi connectivity index (χ1) is 69.5. The Morgan fingerprint density at radius 3 is 0.736 bits per heavy atom. The van der Waals surface area contributed by atoms with Gasteiger partial charge >= 0.3 is 60.3 Å². The van der Waals surface area contributed by atoms with E-state index in [1.807, 2.05) is 328 Å². The number of aromatic nitrogens is 12. The molecule has 0 saturated heterocycles. The number of fused-ring (bicyclic) bond motifs is 9. The van der Waals surface area contributed by atoms with Gasteiger partial charge in [0.05, 0.1) is 0 Å². The van der Waals surface area contributed by atoms with Crippen LogP contribution in [0.1, 0.15) is 41.5 Å². The number of pyridine rings is 9. The van der Waals surface area contributed by atoms with Crippen LogP contribution >= 0.6 is 0 Å². The topological polar surface area (TPSA) is 131 Å². The second-order valence-electron chi connectivity index (χ2n) is 34.1. The summed E-state index contributed by atoms with van der Waals surface area (Å²) in [6.07, 6.45) is 16.2. The van der Waals surface area contributed by atoms with Crippen LogP contribution in [-0.4, -0.2) is 58.6 Å². The van der Waals surface area contributed by atoms with Crippen LogP contribution in [0, 0.1) is 72.4 Å². The van der Waals surface area contributed by atoms with Crippen molar-refractivity contribution in [2.24, 2.45) is 17.8 Å². The summed E-state index contributed by atoms with van der Waals surface area (Å²) in [6, 6.07) is 168. The predicted octanol–water partition coefficient (Wildman–Crippen LogP) is 31.2. The summed E-state index contributed by atoms with van der Waals surface area (Å²) in [6.45, 7) is 16.6. The molecule has 0 aliphatic carbocycles. The number of hydrogen-bond donors (Lipinski definition) is 0. The Morgan fingerprint density at radius 2 is 0.438 bits per heavy atom. The summed E-state index contributed by atoms with van der Waals surface area (Å²) in [5, 5.41) is 7.72. The molecule has 0 spiro atoms. The van der Waals surface area contributed by atoms with Crippen LogP contribution in [-0.2, 0) is 80.0 Å². The van der Waals surface area contributed by atoms with E-state index in [9.17, 15) is 0 Å². The molecule has 708 valence electrons. The van der Waals surface area contributed by atoms with Gasteiger partial charge in [-0.15, -0.1) is 287 Å². The van der Waals surface area contributed by atoms with Gasteiger partial charge in [-0.1, -0.05) is 221 Å². The molecule has 144 heavy (non-hydrogen) atoms. The van der Waals surface area contributed by atoms with Gasteiger partial charge < -0.3 is 58.6 Å². The van der Waals surface area contributed by atoms with Gasteiger partial charge in [0.15, 0.2) is 0 Å². The number of hydrogen-bond acceptors (Lipinski definition) is 9. The average Bonchev–Trinajstić information content (AvgIpc) is 1.60. The van der Waals surface area contributed by atoms with E-state index in [1.165, 1.54) is 65.4 Å². The largest absolute Gasteiger partial charge is 3.00 e. The van der Waals surface area contributed by atoms with E-state index in [2.05, 4.69) is 264 Å². The van der Waals surface area contributed by atoms with Crippen molar-refractivity contribution in [2.75, 3.05) is 0 Å². The van der Waals surface area contributed by atoms with Crippen LogP contribution in [0.4, 0.5) is 0 Å². The smallest absolute Gasteiger partial charge is 0.380 e. The van der Waals surface area contributed by atoms with Gasteiger partial charge in [-0.25, -0.2) is 0 Å². The molecular formula is C129H105Ir3N12. The Balaban J connectivity index is 0.000000138. The normalized spacial score (nSPS) is 10.4. The summed E-state index contributed by atoms with van der Waals surface area (Å²) in [4.78, 5) is 38.8. The van der Waals surface area contributed by atoms with Crippen molar-refractivity contribution >= 4 is 65.4 Å². The SMILES string of the molecule is CC(C)Cn1c2c[c-]c(-c3ccccn3)cc2c2ccccc21.CC(C)Cn1c2ccccc2c2c[c-]c(-c3ccccn3)cc21.CC(C)Cn1c2ccccc2c2cc[c-]c(-c3ccccn3)c21.[Ir+3].[Ir+3].[Ir+3].[c-]1ccccc1-c1ccccn1.[c-]1ccccc1-c1ccccn1.[c-]1ccccc1-c1ccccn1.[c-]1ccccc1-c1ccccn1.[c-]1ccccc1-c1ccccn1.[c-]1ccccc1-c1ccccn1. The number of rotatable bonds is 15. The third-order valence-corrected chi connectivity index (χ3v) is 22.5. The fourth-order valence-electron chi connectivity index (χ4n) is 16.2. The van der Waals surface area contributed by atoms with Gasteiger partial charge in [-0.3, -0.25) is 0 Å². The second kappa shape index (κ2) is 55.5. The summed E-state index contributed by atoms with van der Waals surface area (Å²) in [7, 11) is 0. The van der Waals surface area contributed by atoms with Crippen LogP contribution < -0.4 is 0 Å². The molecule has 24 aromatic rings. The Labute approximate surface area is 886 Å². The first-order valence-corrected chi connectivity index (χ1v) is 47.3. The van der Waals surface area contributed by atoms with Crippen LogP contribution in [0.3, 0.4) is 0 Å². The van der Waals surface area contributed by atoms with E-state index < -0.39 is 0 Å². The van der Waals surface area contributed by atoms with Crippen molar-refractivity contribution in [3.05, 3.63) is 529 Å². The van der Waals surface area contributed by atoms with Gasteiger partial charge in [0.1, 0.15) is 0 Å². The van der Waals surface area contributed by atoms with Crippen LogP contribution in [0.15, 0.2) is 474 Å². The van der Waals surface area contributed by atoms with Crippen molar-refractivity contribution in [3.8, 4) is 101 Å². The average molecular weight is 2400 g/mol. The summed E-state index contributed by atoms with van der Waals surface area (Å²) < 4.78 is 7.26. The molecule has 12 aromatic heterocycles. The van der Waals surface area contributed by atoms with Crippen molar-refractivity contribution in [3.63, 3.8) is 0 Å². The molecule has 0 aliphatic heterocycles. The number of benzene rings is 12. The molecule has 0 saturated carbocycles. The maximum atomic E-state index is 4.54. The molecule has 0 bridgehead atoms. The third-order valence-electron chi connectivity index (χ3n) is 22.5. The van der Waals surface area contributed by atoms with Gasteiger partial charge in [-0.05, 0) is 175 Å². The maximum absolute atomic E-state index is 4.54. The zero-order chi connectivity index (χ0) is 96.8. The number of para-hydroxylation sites is 3. The van der Waals surface area contributed by atoms with E-state index in [4.69, 9.17) is 0 Å². The van der Waals surface area contributed by atoms with Gasteiger partial charge in [0, 0.05) is 92.0 Å². The molecule has 0 unspecified atom stereocenters. The Bertz CT molecular complexity index is 7010. The summed E-state index contributed by atoms with van der Waals surface area (Å²) in [5.41, 5.74) is 25.8. The first kappa shape index (κ1) is 106.